The number of hydrogen-bond donors (Lipinski definition) is 1. The van der Waals surface area contributed by atoms with Gasteiger partial charge in [0.05, 0.1) is 17.5 Å². The van der Waals surface area contributed by atoms with Gasteiger partial charge in [-0.25, -0.2) is 8.42 Å². The van der Waals surface area contributed by atoms with Crippen molar-refractivity contribution in [1.29, 1.82) is 5.41 Å². The Balaban J connectivity index is 2.21. The first-order chi connectivity index (χ1) is 6.53. The van der Waals surface area contributed by atoms with Gasteiger partial charge in [0.15, 0.2) is 15.0 Å². The van der Waals surface area contributed by atoms with E-state index < -0.39 is 9.84 Å². The lowest BCUT2D eigenvalue weighted by molar-refractivity contribution is 0.389. The van der Waals surface area contributed by atoms with Crippen LogP contribution < -0.4 is 0 Å². The molecule has 2 heterocycles. The Morgan fingerprint density at radius 1 is 1.64 bits per heavy atom. The Hall–Kier alpha value is -0.490. The minimum absolute atomic E-state index is 0.00417. The van der Waals surface area contributed by atoms with Crippen molar-refractivity contribution >= 4 is 26.8 Å². The molecule has 2 saturated heterocycles. The summed E-state index contributed by atoms with van der Waals surface area (Å²) in [6.07, 6.45) is 1.71. The molecule has 2 atom stereocenters. The van der Waals surface area contributed by atoms with Gasteiger partial charge in [-0.3, -0.25) is 5.41 Å². The Morgan fingerprint density at radius 3 is 3.00 bits per heavy atom. The van der Waals surface area contributed by atoms with E-state index in [2.05, 4.69) is 6.58 Å². The van der Waals surface area contributed by atoms with Crippen LogP contribution >= 0.6 is 11.8 Å². The molecule has 2 aliphatic rings. The molecule has 14 heavy (non-hydrogen) atoms. The van der Waals surface area contributed by atoms with Crippen LogP contribution in [-0.4, -0.2) is 47.8 Å². The maximum Gasteiger partial charge on any atom is 0.157 e. The van der Waals surface area contributed by atoms with Gasteiger partial charge in [-0.1, -0.05) is 17.8 Å². The summed E-state index contributed by atoms with van der Waals surface area (Å²) < 4.78 is 22.7. The number of thioether (sulfide) groups is 1. The summed E-state index contributed by atoms with van der Waals surface area (Å²) >= 11 is 1.37. The van der Waals surface area contributed by atoms with E-state index in [1.807, 2.05) is 4.90 Å². The van der Waals surface area contributed by atoms with Crippen LogP contribution in [0.25, 0.3) is 0 Å². The third kappa shape index (κ3) is 1.56. The molecule has 0 radical (unpaired) electrons. The minimum Gasteiger partial charge on any atom is -0.343 e. The lowest BCUT2D eigenvalue weighted by atomic mass is 10.2. The summed E-state index contributed by atoms with van der Waals surface area (Å²) in [4.78, 5) is 1.83. The average Bonchev–Trinajstić information content (AvgIpc) is 2.47. The summed E-state index contributed by atoms with van der Waals surface area (Å²) in [6, 6.07) is -0.00417. The molecule has 2 fully saturated rings. The maximum absolute atomic E-state index is 11.4. The van der Waals surface area contributed by atoms with E-state index in [1.54, 1.807) is 6.08 Å². The number of sulfone groups is 1. The first-order valence-corrected chi connectivity index (χ1v) is 7.07. The zero-order valence-electron chi connectivity index (χ0n) is 7.64. The van der Waals surface area contributed by atoms with Gasteiger partial charge < -0.3 is 4.90 Å². The molecule has 2 rings (SSSR count). The summed E-state index contributed by atoms with van der Waals surface area (Å²) in [5.74, 6) is 0.416. The van der Waals surface area contributed by atoms with Crippen molar-refractivity contribution in [1.82, 2.24) is 4.90 Å². The third-order valence-electron chi connectivity index (χ3n) is 2.52. The highest BCUT2D eigenvalue weighted by Crippen LogP contribution is 2.36. The van der Waals surface area contributed by atoms with Gasteiger partial charge in [-0.05, 0) is 0 Å². The fourth-order valence-corrected chi connectivity index (χ4v) is 5.76. The van der Waals surface area contributed by atoms with Crippen LogP contribution in [0.3, 0.4) is 0 Å². The largest absolute Gasteiger partial charge is 0.343 e. The smallest absolute Gasteiger partial charge is 0.157 e. The summed E-state index contributed by atoms with van der Waals surface area (Å²) in [6.45, 7) is 4.18. The predicted molar refractivity (Wildman–Crippen MR) is 58.5 cm³/mol. The zero-order valence-corrected chi connectivity index (χ0v) is 9.27. The first kappa shape index (κ1) is 10.0. The molecule has 6 heteroatoms. The van der Waals surface area contributed by atoms with Crippen LogP contribution in [0, 0.1) is 5.41 Å². The van der Waals surface area contributed by atoms with Gasteiger partial charge in [-0.2, -0.15) is 0 Å². The van der Waals surface area contributed by atoms with E-state index in [0.29, 0.717) is 11.7 Å². The molecule has 1 N–H and O–H groups in total. The lowest BCUT2D eigenvalue weighted by Crippen LogP contribution is -2.36. The van der Waals surface area contributed by atoms with Crippen molar-refractivity contribution in [2.24, 2.45) is 0 Å². The number of fused-ring (bicyclic) bond motifs is 1. The third-order valence-corrected chi connectivity index (χ3v) is 5.69. The van der Waals surface area contributed by atoms with E-state index in [0.717, 1.165) is 0 Å². The highest BCUT2D eigenvalue weighted by Gasteiger charge is 2.47. The van der Waals surface area contributed by atoms with E-state index in [9.17, 15) is 8.42 Å². The van der Waals surface area contributed by atoms with Gasteiger partial charge in [0.2, 0.25) is 0 Å². The number of hydrogen-bond acceptors (Lipinski definition) is 4. The molecule has 78 valence electrons. The lowest BCUT2D eigenvalue weighted by Gasteiger charge is -2.21. The monoisotopic (exact) mass is 232 g/mol. The van der Waals surface area contributed by atoms with Crippen molar-refractivity contribution in [3.05, 3.63) is 12.7 Å². The topological polar surface area (TPSA) is 61.2 Å². The van der Waals surface area contributed by atoms with Gasteiger partial charge in [0.1, 0.15) is 0 Å². The van der Waals surface area contributed by atoms with Crippen LogP contribution in [0.15, 0.2) is 12.7 Å². The Morgan fingerprint density at radius 2 is 2.36 bits per heavy atom. The highest BCUT2D eigenvalue weighted by atomic mass is 32.2. The van der Waals surface area contributed by atoms with E-state index in [-0.39, 0.29) is 22.8 Å². The van der Waals surface area contributed by atoms with Gasteiger partial charge in [0.25, 0.3) is 0 Å². The molecule has 0 aliphatic carbocycles. The van der Waals surface area contributed by atoms with Crippen molar-refractivity contribution in [2.75, 3.05) is 18.1 Å². The van der Waals surface area contributed by atoms with Crippen LogP contribution in [0.4, 0.5) is 0 Å². The molecule has 0 aromatic heterocycles. The molecule has 0 unspecified atom stereocenters. The van der Waals surface area contributed by atoms with Crippen molar-refractivity contribution in [2.45, 2.75) is 11.3 Å². The quantitative estimate of drug-likeness (QED) is 0.697. The van der Waals surface area contributed by atoms with E-state index in [1.165, 1.54) is 11.8 Å². The van der Waals surface area contributed by atoms with Gasteiger partial charge in [-0.15, -0.1) is 6.58 Å². The standard InChI is InChI=1S/C8H12N2O2S2/c1-2-3-10-6-4-14(11,12)5-7(6)13-8(10)9/h2,6-7,9H,1,3-5H2/t6-,7+/m0/s1. The maximum atomic E-state index is 11.4. The van der Waals surface area contributed by atoms with Crippen molar-refractivity contribution in [3.63, 3.8) is 0 Å². The summed E-state index contributed by atoms with van der Waals surface area (Å²) in [7, 11) is -2.87. The average molecular weight is 232 g/mol. The molecular formula is C8H12N2O2S2. The molecule has 2 aliphatic heterocycles. The summed E-state index contributed by atoms with van der Waals surface area (Å²) in [5, 5.41) is 8.23. The summed E-state index contributed by atoms with van der Waals surface area (Å²) in [5.41, 5.74) is 0. The molecule has 0 saturated carbocycles. The number of nitrogens with zero attached hydrogens (tertiary/aromatic N) is 1. The highest BCUT2D eigenvalue weighted by molar-refractivity contribution is 8.15. The number of nitrogens with one attached hydrogen (secondary N) is 1. The number of rotatable bonds is 2. The van der Waals surface area contributed by atoms with Crippen molar-refractivity contribution < 1.29 is 8.42 Å². The Kier molecular flexibility index (Phi) is 2.35. The van der Waals surface area contributed by atoms with Crippen LogP contribution in [0.1, 0.15) is 0 Å². The van der Waals surface area contributed by atoms with E-state index in [4.69, 9.17) is 5.41 Å². The second kappa shape index (κ2) is 3.27. The normalized spacial score (nSPS) is 34.6. The Labute approximate surface area is 87.8 Å². The SMILES string of the molecule is C=CCN1C(=N)S[C@@H]2CS(=O)(=O)C[C@@H]21. The van der Waals surface area contributed by atoms with Crippen LogP contribution in [0.2, 0.25) is 0 Å². The fourth-order valence-electron chi connectivity index (χ4n) is 1.92. The molecule has 0 amide bonds. The minimum atomic E-state index is -2.87. The van der Waals surface area contributed by atoms with Crippen LogP contribution in [0.5, 0.6) is 0 Å². The van der Waals surface area contributed by atoms with E-state index >= 15 is 0 Å². The van der Waals surface area contributed by atoms with Gasteiger partial charge in [0, 0.05) is 11.8 Å². The molecular weight excluding hydrogens is 220 g/mol. The molecule has 0 aromatic carbocycles. The molecule has 4 nitrogen and oxygen atoms in total. The molecule has 0 spiro atoms. The van der Waals surface area contributed by atoms with Crippen LogP contribution in [-0.2, 0) is 9.84 Å². The second-order valence-electron chi connectivity index (χ2n) is 3.55. The van der Waals surface area contributed by atoms with Gasteiger partial charge >= 0.3 is 0 Å². The fraction of sp³-hybridized carbons (Fsp3) is 0.625. The molecule has 0 bridgehead atoms. The Bertz CT molecular complexity index is 377. The predicted octanol–water partition coefficient (Wildman–Crippen LogP) is 0.322. The zero-order chi connectivity index (χ0) is 10.3. The molecule has 0 aromatic rings. The second-order valence-corrected chi connectivity index (χ2v) is 6.93. The first-order valence-electron chi connectivity index (χ1n) is 4.36. The number of amidine groups is 1. The van der Waals surface area contributed by atoms with Crippen molar-refractivity contribution in [3.8, 4) is 0 Å².